The van der Waals surface area contributed by atoms with Crippen molar-refractivity contribution in [3.8, 4) is 0 Å². The summed E-state index contributed by atoms with van der Waals surface area (Å²) >= 11 is 6.19. The second kappa shape index (κ2) is 16.9. The molecule has 1 fully saturated rings. The number of nitrogens with one attached hydrogen (secondary N) is 3. The molecule has 14 nitrogen and oxygen atoms in total. The number of amides is 1. The summed E-state index contributed by atoms with van der Waals surface area (Å²) in [5, 5.41) is 10.4. The molecule has 3 aromatic carbocycles. The third kappa shape index (κ3) is 10.4. The van der Waals surface area contributed by atoms with Crippen molar-refractivity contribution < 1.29 is 19.1 Å². The second-order valence-corrected chi connectivity index (χ2v) is 14.5. The highest BCUT2D eigenvalue weighted by Gasteiger charge is 2.26. The van der Waals surface area contributed by atoms with Crippen molar-refractivity contribution in [1.29, 1.82) is 0 Å². The SMILES string of the molecule is [C-]#[N+]c1ccc(C[C@H](Nc2nc(NCC3=Nc4cc(Cl)ccc4C3)nc(Nc3cccc(CN4CCN(C(=O)OC(C)(C)C)CC4)c3)n2)C(=O)OC)cc1. The predicted molar refractivity (Wildman–Crippen MR) is 209 cm³/mol. The van der Waals surface area contributed by atoms with Crippen molar-refractivity contribution >= 4 is 64.3 Å². The second-order valence-electron chi connectivity index (χ2n) is 14.1. The van der Waals surface area contributed by atoms with E-state index in [2.05, 4.69) is 46.7 Å². The normalized spacial score (nSPS) is 14.7. The third-order valence-corrected chi connectivity index (χ3v) is 8.95. The molecule has 3 N–H and O–H groups in total. The van der Waals surface area contributed by atoms with Crippen LogP contribution in [-0.4, -0.2) is 94.0 Å². The number of halogens is 1. The van der Waals surface area contributed by atoms with E-state index in [1.807, 2.05) is 57.2 Å². The van der Waals surface area contributed by atoms with Crippen LogP contribution in [0, 0.1) is 6.57 Å². The van der Waals surface area contributed by atoms with Crippen molar-refractivity contribution in [3.05, 3.63) is 99.9 Å². The molecule has 280 valence electrons. The highest BCUT2D eigenvalue weighted by molar-refractivity contribution is 6.31. The summed E-state index contributed by atoms with van der Waals surface area (Å²) in [7, 11) is 1.33. The van der Waals surface area contributed by atoms with Gasteiger partial charge in [0.15, 0.2) is 5.69 Å². The predicted octanol–water partition coefficient (Wildman–Crippen LogP) is 6.81. The van der Waals surface area contributed by atoms with E-state index in [4.69, 9.17) is 32.6 Å². The first kappa shape index (κ1) is 38.0. The van der Waals surface area contributed by atoms with Crippen LogP contribution < -0.4 is 16.0 Å². The van der Waals surface area contributed by atoms with Crippen LogP contribution in [0.3, 0.4) is 0 Å². The fourth-order valence-corrected chi connectivity index (χ4v) is 6.23. The van der Waals surface area contributed by atoms with Crippen LogP contribution in [0.1, 0.15) is 37.5 Å². The molecule has 6 rings (SSSR count). The number of carbonyl (C=O) groups is 2. The summed E-state index contributed by atoms with van der Waals surface area (Å²) in [5.41, 5.74) is 5.47. The fraction of sp³-hybridized carbons (Fsp3) is 0.359. The molecule has 1 saturated heterocycles. The van der Waals surface area contributed by atoms with Gasteiger partial charge in [-0.05, 0) is 61.7 Å². The molecule has 0 unspecified atom stereocenters. The van der Waals surface area contributed by atoms with Crippen LogP contribution in [0.5, 0.6) is 0 Å². The number of methoxy groups -OCH3 is 1. The molecule has 0 spiro atoms. The molecule has 15 heteroatoms. The van der Waals surface area contributed by atoms with Crippen LogP contribution in [0.4, 0.5) is 39.7 Å². The van der Waals surface area contributed by atoms with Gasteiger partial charge in [0.05, 0.1) is 25.9 Å². The average molecular weight is 751 g/mol. The van der Waals surface area contributed by atoms with Crippen molar-refractivity contribution in [3.63, 3.8) is 0 Å². The van der Waals surface area contributed by atoms with Crippen molar-refractivity contribution in [2.45, 2.75) is 51.8 Å². The van der Waals surface area contributed by atoms with Gasteiger partial charge in [0, 0.05) is 62.0 Å². The van der Waals surface area contributed by atoms with E-state index in [-0.39, 0.29) is 30.4 Å². The van der Waals surface area contributed by atoms with E-state index >= 15 is 0 Å². The van der Waals surface area contributed by atoms with Gasteiger partial charge in [-0.2, -0.15) is 15.0 Å². The zero-order chi connectivity index (χ0) is 38.2. The Morgan fingerprint density at radius 2 is 1.69 bits per heavy atom. The summed E-state index contributed by atoms with van der Waals surface area (Å²) in [6.45, 7) is 16.6. The highest BCUT2D eigenvalue weighted by Crippen LogP contribution is 2.30. The van der Waals surface area contributed by atoms with Crippen LogP contribution in [-0.2, 0) is 33.7 Å². The van der Waals surface area contributed by atoms with Gasteiger partial charge in [-0.15, -0.1) is 0 Å². The lowest BCUT2D eigenvalue weighted by Crippen LogP contribution is -2.49. The molecule has 0 radical (unpaired) electrons. The number of piperazine rings is 1. The number of rotatable bonds is 12. The van der Waals surface area contributed by atoms with E-state index in [9.17, 15) is 9.59 Å². The number of aliphatic imine (C=N–C) groups is 1. The quantitative estimate of drug-likeness (QED) is 0.104. The number of nitrogens with zero attached hydrogens (tertiary/aromatic N) is 7. The molecule has 0 saturated carbocycles. The van der Waals surface area contributed by atoms with E-state index in [0.717, 1.165) is 46.9 Å². The summed E-state index contributed by atoms with van der Waals surface area (Å²) in [5.74, 6) is 0.193. The Balaban J connectivity index is 1.18. The molecule has 3 heterocycles. The molecule has 2 aliphatic heterocycles. The van der Waals surface area contributed by atoms with Crippen LogP contribution in [0.25, 0.3) is 4.85 Å². The van der Waals surface area contributed by atoms with E-state index < -0.39 is 17.6 Å². The molecule has 2 aliphatic rings. The minimum Gasteiger partial charge on any atom is -0.467 e. The number of fused-ring (bicyclic) bond motifs is 1. The number of aromatic nitrogens is 3. The Kier molecular flexibility index (Phi) is 11.9. The standard InChI is InChI=1S/C39H43ClN10O4/c1-39(2,3)54-38(52)50-17-15-49(16-18-50)24-26-7-6-8-30(19-26)44-36-46-35(42-23-31-21-27-11-12-28(40)22-32(27)43-31)47-37(48-36)45-33(34(51)53-5)20-25-9-13-29(41-4)14-10-25/h6-14,19,22,33H,15-18,20-21,23-24H2,1-3,5H3,(H3,42,44,45,46,47,48)/t33-/m0/s1. The minimum absolute atomic E-state index is 0.158. The smallest absolute Gasteiger partial charge is 0.410 e. The number of hydrogen-bond donors (Lipinski definition) is 3. The van der Waals surface area contributed by atoms with Crippen molar-refractivity contribution in [2.24, 2.45) is 4.99 Å². The molecular weight excluding hydrogens is 708 g/mol. The van der Waals surface area contributed by atoms with Gasteiger partial charge in [-0.1, -0.05) is 54.1 Å². The molecule has 0 aliphatic carbocycles. The molecule has 1 atom stereocenters. The largest absolute Gasteiger partial charge is 0.467 e. The first-order valence-corrected chi connectivity index (χ1v) is 18.0. The Hall–Kier alpha value is -5.78. The Morgan fingerprint density at radius 3 is 2.41 bits per heavy atom. The topological polar surface area (TPSA) is 151 Å². The van der Waals surface area contributed by atoms with Crippen LogP contribution in [0.2, 0.25) is 5.02 Å². The monoisotopic (exact) mass is 750 g/mol. The lowest BCUT2D eigenvalue weighted by molar-refractivity contribution is -0.141. The lowest BCUT2D eigenvalue weighted by Gasteiger charge is -2.35. The molecule has 54 heavy (non-hydrogen) atoms. The van der Waals surface area contributed by atoms with Crippen molar-refractivity contribution in [1.82, 2.24) is 24.8 Å². The maximum atomic E-state index is 13.0. The van der Waals surface area contributed by atoms with Gasteiger partial charge in [-0.25, -0.2) is 14.4 Å². The van der Waals surface area contributed by atoms with Gasteiger partial charge < -0.3 is 30.3 Å². The molecule has 1 amide bonds. The maximum absolute atomic E-state index is 13.0. The molecule has 4 aromatic rings. The number of esters is 1. The number of benzene rings is 3. The number of anilines is 4. The van der Waals surface area contributed by atoms with Crippen LogP contribution in [0.15, 0.2) is 71.7 Å². The maximum Gasteiger partial charge on any atom is 0.410 e. The third-order valence-electron chi connectivity index (χ3n) is 8.71. The Bertz CT molecular complexity index is 2050. The summed E-state index contributed by atoms with van der Waals surface area (Å²) in [4.78, 5) is 51.6. The average Bonchev–Trinajstić information content (AvgIpc) is 3.55. The molecular formula is C39H43ClN10O4. The van der Waals surface area contributed by atoms with E-state index in [1.54, 1.807) is 29.2 Å². The summed E-state index contributed by atoms with van der Waals surface area (Å²) < 4.78 is 10.7. The summed E-state index contributed by atoms with van der Waals surface area (Å²) in [6.07, 6.45) is 0.654. The number of carbonyl (C=O) groups excluding carboxylic acids is 2. The van der Waals surface area contributed by atoms with Gasteiger partial charge >= 0.3 is 12.1 Å². The number of hydrogen-bond acceptors (Lipinski definition) is 12. The first-order chi connectivity index (χ1) is 25.9. The summed E-state index contributed by atoms with van der Waals surface area (Å²) in [6, 6.07) is 19.8. The lowest BCUT2D eigenvalue weighted by atomic mass is 10.1. The minimum atomic E-state index is -0.825. The van der Waals surface area contributed by atoms with E-state index in [0.29, 0.717) is 43.3 Å². The Labute approximate surface area is 319 Å². The van der Waals surface area contributed by atoms with Crippen molar-refractivity contribution in [2.75, 3.05) is 55.8 Å². The number of ether oxygens (including phenoxy) is 2. The highest BCUT2D eigenvalue weighted by atomic mass is 35.5. The molecule has 1 aromatic heterocycles. The van der Waals surface area contributed by atoms with Gasteiger partial charge in [-0.3, -0.25) is 9.89 Å². The molecule has 0 bridgehead atoms. The zero-order valence-corrected chi connectivity index (χ0v) is 31.5. The van der Waals surface area contributed by atoms with Gasteiger partial charge in [0.2, 0.25) is 17.8 Å². The van der Waals surface area contributed by atoms with Gasteiger partial charge in [0.25, 0.3) is 0 Å². The fourth-order valence-electron chi connectivity index (χ4n) is 6.06. The first-order valence-electron chi connectivity index (χ1n) is 17.6. The van der Waals surface area contributed by atoms with E-state index in [1.165, 1.54) is 7.11 Å². The van der Waals surface area contributed by atoms with Gasteiger partial charge in [0.1, 0.15) is 11.6 Å². The Morgan fingerprint density at radius 1 is 0.944 bits per heavy atom. The van der Waals surface area contributed by atoms with Crippen LogP contribution >= 0.6 is 11.6 Å². The zero-order valence-electron chi connectivity index (χ0n) is 30.7.